The lowest BCUT2D eigenvalue weighted by atomic mass is 9.87. The molecule has 0 amide bonds. The summed E-state index contributed by atoms with van der Waals surface area (Å²) in [6.45, 7) is 8.19. The summed E-state index contributed by atoms with van der Waals surface area (Å²) in [4.78, 5) is 31.9. The topological polar surface area (TPSA) is 84.0 Å². The fourth-order valence-corrected chi connectivity index (χ4v) is 2.07. The van der Waals surface area contributed by atoms with Crippen molar-refractivity contribution in [3.63, 3.8) is 0 Å². The minimum atomic E-state index is -0.520. The van der Waals surface area contributed by atoms with Crippen LogP contribution in [0.2, 0.25) is 0 Å². The van der Waals surface area contributed by atoms with Gasteiger partial charge in [0.2, 0.25) is 0 Å². The second-order valence-corrected chi connectivity index (χ2v) is 6.97. The van der Waals surface area contributed by atoms with E-state index in [1.165, 1.54) is 11.8 Å². The summed E-state index contributed by atoms with van der Waals surface area (Å²) in [5.74, 6) is 0.498. The Hall–Kier alpha value is -1.89. The van der Waals surface area contributed by atoms with Crippen molar-refractivity contribution in [3.05, 3.63) is 32.7 Å². The van der Waals surface area contributed by atoms with Gasteiger partial charge in [-0.1, -0.05) is 32.5 Å². The van der Waals surface area contributed by atoms with Gasteiger partial charge in [0.15, 0.2) is 5.16 Å². The Bertz CT molecular complexity index is 745. The molecule has 0 saturated carbocycles. The second-order valence-electron chi connectivity index (χ2n) is 6.19. The highest BCUT2D eigenvalue weighted by Crippen LogP contribution is 2.26. The lowest BCUT2D eigenvalue weighted by Gasteiger charge is -2.30. The zero-order chi connectivity index (χ0) is 16.5. The summed E-state index contributed by atoms with van der Waals surface area (Å²) < 4.78 is 0. The van der Waals surface area contributed by atoms with E-state index in [1.54, 1.807) is 12.3 Å². The predicted molar refractivity (Wildman–Crippen MR) is 91.0 cm³/mol. The van der Waals surface area contributed by atoms with Gasteiger partial charge in [0, 0.05) is 12.2 Å². The molecule has 0 aliphatic carbocycles. The number of nitrogens with zero attached hydrogens (tertiary/aromatic N) is 2. The molecular formula is C15H20N4O2S. The zero-order valence-electron chi connectivity index (χ0n) is 13.4. The number of aromatic nitrogens is 2. The Morgan fingerprint density at radius 3 is 2.41 bits per heavy atom. The molecule has 2 N–H and O–H groups in total. The van der Waals surface area contributed by atoms with Gasteiger partial charge in [-0.3, -0.25) is 9.59 Å². The monoisotopic (exact) mass is 320 g/mol. The van der Waals surface area contributed by atoms with Gasteiger partial charge in [-0.05, 0) is 24.7 Å². The molecule has 0 fully saturated rings. The molecule has 0 spiro atoms. The fourth-order valence-electron chi connectivity index (χ4n) is 1.72. The Balaban J connectivity index is 2.24. The number of hydrogen-bond acceptors (Lipinski definition) is 7. The maximum absolute atomic E-state index is 11.8. The van der Waals surface area contributed by atoms with E-state index in [0.717, 1.165) is 0 Å². The van der Waals surface area contributed by atoms with Crippen LogP contribution in [-0.2, 0) is 0 Å². The molecule has 0 saturated heterocycles. The van der Waals surface area contributed by atoms with Gasteiger partial charge >= 0.3 is 0 Å². The average molecular weight is 320 g/mol. The van der Waals surface area contributed by atoms with Crippen molar-refractivity contribution in [2.24, 2.45) is 5.41 Å². The standard InChI is InChI=1S/C15H20N4O2S/c1-8(15(2,3)4)17-10-11(13(21)12(10)20)18-9-6-7-16-14(19-9)22-5/h6-8,17H,1-5H3,(H,16,18,19)/t8-/m1/s1. The van der Waals surface area contributed by atoms with E-state index in [2.05, 4.69) is 41.4 Å². The van der Waals surface area contributed by atoms with E-state index in [0.29, 0.717) is 16.7 Å². The summed E-state index contributed by atoms with van der Waals surface area (Å²) in [5, 5.41) is 6.65. The van der Waals surface area contributed by atoms with Crippen molar-refractivity contribution in [1.82, 2.24) is 9.97 Å². The van der Waals surface area contributed by atoms with Gasteiger partial charge in [0.1, 0.15) is 17.2 Å². The Morgan fingerprint density at radius 2 is 1.82 bits per heavy atom. The first-order chi connectivity index (χ1) is 10.2. The number of thioether (sulfide) groups is 1. The van der Waals surface area contributed by atoms with Crippen LogP contribution >= 0.6 is 11.8 Å². The Morgan fingerprint density at radius 1 is 1.18 bits per heavy atom. The quantitative estimate of drug-likeness (QED) is 0.497. The van der Waals surface area contributed by atoms with E-state index in [4.69, 9.17) is 0 Å². The summed E-state index contributed by atoms with van der Waals surface area (Å²) in [7, 11) is 0. The summed E-state index contributed by atoms with van der Waals surface area (Å²) >= 11 is 1.41. The van der Waals surface area contributed by atoms with Gasteiger partial charge < -0.3 is 10.6 Å². The SMILES string of the molecule is CSc1nccc(Nc2c(N[C@H](C)C(C)(C)C)c(=O)c2=O)n1. The Kier molecular flexibility index (Phi) is 4.55. The first-order valence-electron chi connectivity index (χ1n) is 6.98. The average Bonchev–Trinajstić information content (AvgIpc) is 2.49. The lowest BCUT2D eigenvalue weighted by molar-refractivity contribution is 0.359. The summed E-state index contributed by atoms with van der Waals surface area (Å²) in [6, 6.07) is 1.71. The molecule has 2 aromatic rings. The molecular weight excluding hydrogens is 300 g/mol. The first-order valence-corrected chi connectivity index (χ1v) is 8.20. The zero-order valence-corrected chi connectivity index (χ0v) is 14.2. The normalized spacial score (nSPS) is 13.1. The van der Waals surface area contributed by atoms with Gasteiger partial charge in [-0.2, -0.15) is 0 Å². The molecule has 1 aromatic carbocycles. The van der Waals surface area contributed by atoms with Crippen LogP contribution in [0.15, 0.2) is 27.0 Å². The highest BCUT2D eigenvalue weighted by molar-refractivity contribution is 7.98. The van der Waals surface area contributed by atoms with E-state index < -0.39 is 10.9 Å². The third kappa shape index (κ3) is 3.30. The van der Waals surface area contributed by atoms with E-state index >= 15 is 0 Å². The molecule has 2 rings (SSSR count). The summed E-state index contributed by atoms with van der Waals surface area (Å²) in [5.41, 5.74) is -0.438. The van der Waals surface area contributed by atoms with Gasteiger partial charge in [-0.25, -0.2) is 9.97 Å². The molecule has 118 valence electrons. The predicted octanol–water partition coefficient (Wildman–Crippen LogP) is 2.38. The molecule has 7 heteroatoms. The second kappa shape index (κ2) is 6.08. The molecule has 1 atom stereocenters. The maximum Gasteiger partial charge on any atom is 0.253 e. The number of anilines is 3. The molecule has 1 heterocycles. The lowest BCUT2D eigenvalue weighted by Crippen LogP contribution is -2.41. The minimum Gasteiger partial charge on any atom is -0.377 e. The van der Waals surface area contributed by atoms with E-state index in [-0.39, 0.29) is 17.1 Å². The molecule has 0 radical (unpaired) electrons. The molecule has 22 heavy (non-hydrogen) atoms. The molecule has 1 aromatic heterocycles. The maximum atomic E-state index is 11.8. The van der Waals surface area contributed by atoms with Crippen LogP contribution in [0.3, 0.4) is 0 Å². The van der Waals surface area contributed by atoms with Gasteiger partial charge in [0.05, 0.1) is 0 Å². The largest absolute Gasteiger partial charge is 0.377 e. The van der Waals surface area contributed by atoms with Crippen LogP contribution < -0.4 is 21.5 Å². The third-order valence-electron chi connectivity index (χ3n) is 3.64. The molecule has 0 aliphatic rings. The minimum absolute atomic E-state index is 0.0298. The highest BCUT2D eigenvalue weighted by Gasteiger charge is 2.27. The van der Waals surface area contributed by atoms with Crippen molar-refractivity contribution in [2.45, 2.75) is 38.9 Å². The van der Waals surface area contributed by atoms with Crippen LogP contribution in [0.5, 0.6) is 0 Å². The first kappa shape index (κ1) is 16.5. The summed E-state index contributed by atoms with van der Waals surface area (Å²) in [6.07, 6.45) is 3.48. The van der Waals surface area contributed by atoms with Crippen molar-refractivity contribution < 1.29 is 0 Å². The smallest absolute Gasteiger partial charge is 0.253 e. The van der Waals surface area contributed by atoms with Crippen LogP contribution in [0.25, 0.3) is 0 Å². The van der Waals surface area contributed by atoms with Crippen molar-refractivity contribution >= 4 is 29.0 Å². The van der Waals surface area contributed by atoms with Gasteiger partial charge in [0.25, 0.3) is 10.9 Å². The van der Waals surface area contributed by atoms with Gasteiger partial charge in [-0.15, -0.1) is 0 Å². The molecule has 0 bridgehead atoms. The number of nitrogens with one attached hydrogen (secondary N) is 2. The molecule has 0 aliphatic heterocycles. The van der Waals surface area contributed by atoms with Crippen LogP contribution in [0.4, 0.5) is 17.2 Å². The highest BCUT2D eigenvalue weighted by atomic mass is 32.2. The number of rotatable bonds is 5. The molecule has 6 nitrogen and oxygen atoms in total. The van der Waals surface area contributed by atoms with Crippen LogP contribution in [0, 0.1) is 5.41 Å². The van der Waals surface area contributed by atoms with Crippen molar-refractivity contribution in [1.29, 1.82) is 0 Å². The third-order valence-corrected chi connectivity index (χ3v) is 4.20. The van der Waals surface area contributed by atoms with E-state index in [1.807, 2.05) is 13.2 Å². The molecule has 0 unspecified atom stereocenters. The van der Waals surface area contributed by atoms with Crippen molar-refractivity contribution in [2.75, 3.05) is 16.9 Å². The van der Waals surface area contributed by atoms with E-state index in [9.17, 15) is 9.59 Å². The van der Waals surface area contributed by atoms with Crippen LogP contribution in [-0.4, -0.2) is 22.3 Å². The van der Waals surface area contributed by atoms with Crippen molar-refractivity contribution in [3.8, 4) is 0 Å². The number of hydrogen-bond donors (Lipinski definition) is 2. The fraction of sp³-hybridized carbons (Fsp3) is 0.467. The Labute approximate surface area is 133 Å². The van der Waals surface area contributed by atoms with Crippen LogP contribution in [0.1, 0.15) is 27.7 Å².